The Labute approximate surface area is 373 Å². The minimum atomic E-state index is -0.0756. The van der Waals surface area contributed by atoms with Crippen molar-refractivity contribution >= 4 is 61.3 Å². The third-order valence-corrected chi connectivity index (χ3v) is 14.6. The summed E-state index contributed by atoms with van der Waals surface area (Å²) in [6.07, 6.45) is 13.0. The van der Waals surface area contributed by atoms with E-state index in [0.29, 0.717) is 11.9 Å². The van der Waals surface area contributed by atoms with Crippen LogP contribution in [0, 0.1) is 5.92 Å². The van der Waals surface area contributed by atoms with Crippen LogP contribution in [-0.4, -0.2) is 19.1 Å². The molecule has 10 aromatic rings. The summed E-state index contributed by atoms with van der Waals surface area (Å²) >= 11 is 0. The fourth-order valence-corrected chi connectivity index (χ4v) is 11.3. The van der Waals surface area contributed by atoms with Gasteiger partial charge in [-0.15, -0.1) is 0 Å². The van der Waals surface area contributed by atoms with E-state index in [9.17, 15) is 0 Å². The normalized spacial score (nSPS) is 16.4. The van der Waals surface area contributed by atoms with E-state index >= 15 is 0 Å². The first-order chi connectivity index (χ1) is 31.4. The zero-order chi connectivity index (χ0) is 42.7. The molecule has 0 saturated heterocycles. The standard InChI is InChI=1S/C60H48N4/c1-37-21-29-49-53(33-37)61-59(62-58(49)40-24-22-39(23-25-40)38-13-5-4-6-14-38)64-55-20-12-8-16-46(55)48-30-26-42(35-57(48)64)41-27-32-56-50(34-41)47-17-9-11-19-54(47)63(56)43-28-31-45-44-15-7-10-18-51(44)60(2,3)52(45)36-43/h7-13,15-20,22-37H,4-6,14,21H2,1-3H3. The molecule has 0 saturated carbocycles. The second kappa shape index (κ2) is 14.1. The molecule has 3 aromatic heterocycles. The Morgan fingerprint density at radius 2 is 1.20 bits per heavy atom. The summed E-state index contributed by atoms with van der Waals surface area (Å²) in [5.41, 5.74) is 18.4. The van der Waals surface area contributed by atoms with E-state index < -0.39 is 0 Å². The van der Waals surface area contributed by atoms with Crippen molar-refractivity contribution in [3.05, 3.63) is 185 Å². The summed E-state index contributed by atoms with van der Waals surface area (Å²) in [6.45, 7) is 7.00. The molecule has 7 aromatic carbocycles. The number of hydrogen-bond donors (Lipinski definition) is 0. The topological polar surface area (TPSA) is 35.6 Å². The fraction of sp³-hybridized carbons (Fsp3) is 0.167. The molecule has 0 fully saturated rings. The number of allylic oxidation sites excluding steroid dienone is 2. The number of aromatic nitrogens is 4. The van der Waals surface area contributed by atoms with Gasteiger partial charge >= 0.3 is 0 Å². The van der Waals surface area contributed by atoms with Crippen LogP contribution in [-0.2, 0) is 5.41 Å². The molecular weight excluding hydrogens is 777 g/mol. The highest BCUT2D eigenvalue weighted by Gasteiger charge is 2.35. The van der Waals surface area contributed by atoms with Gasteiger partial charge in [0.05, 0.1) is 33.1 Å². The predicted molar refractivity (Wildman–Crippen MR) is 268 cm³/mol. The van der Waals surface area contributed by atoms with Crippen LogP contribution in [0.15, 0.2) is 158 Å². The molecule has 0 N–H and O–H groups in total. The van der Waals surface area contributed by atoms with Crippen molar-refractivity contribution in [3.8, 4) is 45.1 Å². The van der Waals surface area contributed by atoms with Gasteiger partial charge in [-0.3, -0.25) is 4.57 Å². The van der Waals surface area contributed by atoms with Gasteiger partial charge in [-0.2, -0.15) is 0 Å². The summed E-state index contributed by atoms with van der Waals surface area (Å²) in [4.78, 5) is 10.9. The number of para-hydroxylation sites is 2. The number of nitrogens with zero attached hydrogens (tertiary/aromatic N) is 4. The minimum absolute atomic E-state index is 0.0756. The number of benzene rings is 7. The van der Waals surface area contributed by atoms with E-state index in [4.69, 9.17) is 9.97 Å². The smallest absolute Gasteiger partial charge is 0.235 e. The Balaban J connectivity index is 0.965. The maximum absolute atomic E-state index is 5.50. The lowest BCUT2D eigenvalue weighted by Crippen LogP contribution is -2.36. The lowest BCUT2D eigenvalue weighted by atomic mass is 9.82. The Hall–Kier alpha value is -7.30. The van der Waals surface area contributed by atoms with E-state index in [2.05, 4.69) is 200 Å². The summed E-state index contributed by atoms with van der Waals surface area (Å²) in [5.74, 6) is 1.11. The van der Waals surface area contributed by atoms with Gasteiger partial charge in [-0.25, -0.2) is 9.97 Å². The van der Waals surface area contributed by atoms with Crippen molar-refractivity contribution < 1.29 is 0 Å². The molecule has 0 aliphatic heterocycles. The zero-order valence-corrected chi connectivity index (χ0v) is 36.6. The minimum Gasteiger partial charge on any atom is -0.309 e. The first kappa shape index (κ1) is 37.3. The number of rotatable bonds is 5. The molecule has 3 aliphatic rings. The third-order valence-electron chi connectivity index (χ3n) is 14.6. The van der Waals surface area contributed by atoms with Crippen LogP contribution in [0.25, 0.3) is 106 Å². The Kier molecular flexibility index (Phi) is 8.21. The number of hydrogen-bond acceptors (Lipinski definition) is 2. The predicted octanol–water partition coefficient (Wildman–Crippen LogP) is 13.9. The second-order valence-electron chi connectivity index (χ2n) is 18.9. The molecule has 64 heavy (non-hydrogen) atoms. The van der Waals surface area contributed by atoms with Crippen LogP contribution in [0.1, 0.15) is 69.6 Å². The van der Waals surface area contributed by atoms with Gasteiger partial charge in [0.15, 0.2) is 0 Å². The molecule has 4 nitrogen and oxygen atoms in total. The molecule has 0 bridgehead atoms. The lowest BCUT2D eigenvalue weighted by molar-refractivity contribution is 0.660. The first-order valence-electron chi connectivity index (χ1n) is 23.1. The van der Waals surface area contributed by atoms with Gasteiger partial charge in [-0.1, -0.05) is 148 Å². The molecule has 0 spiro atoms. The number of fused-ring (bicyclic) bond motifs is 10. The Bertz CT molecular complexity index is 3740. The molecule has 4 heteroatoms. The monoisotopic (exact) mass is 824 g/mol. The van der Waals surface area contributed by atoms with Gasteiger partial charge in [0.25, 0.3) is 0 Å². The van der Waals surface area contributed by atoms with Crippen LogP contribution >= 0.6 is 0 Å². The largest absolute Gasteiger partial charge is 0.309 e. The fourth-order valence-electron chi connectivity index (χ4n) is 11.3. The van der Waals surface area contributed by atoms with Crippen LogP contribution in [0.2, 0.25) is 0 Å². The van der Waals surface area contributed by atoms with E-state index in [1.165, 1.54) is 96.5 Å². The Morgan fingerprint density at radius 3 is 2.03 bits per heavy atom. The average molecular weight is 825 g/mol. The molecule has 1 atom stereocenters. The third kappa shape index (κ3) is 5.61. The molecule has 3 heterocycles. The van der Waals surface area contributed by atoms with Gasteiger partial charge in [-0.05, 0) is 125 Å². The summed E-state index contributed by atoms with van der Waals surface area (Å²) in [5, 5.41) is 7.02. The van der Waals surface area contributed by atoms with Crippen molar-refractivity contribution in [1.82, 2.24) is 19.1 Å². The van der Waals surface area contributed by atoms with Gasteiger partial charge in [0.2, 0.25) is 5.95 Å². The van der Waals surface area contributed by atoms with Gasteiger partial charge in [0, 0.05) is 43.4 Å². The van der Waals surface area contributed by atoms with Gasteiger partial charge < -0.3 is 4.57 Å². The molecule has 0 amide bonds. The highest BCUT2D eigenvalue weighted by atomic mass is 15.2. The molecule has 308 valence electrons. The van der Waals surface area contributed by atoms with E-state index in [-0.39, 0.29) is 5.41 Å². The molecular formula is C60H48N4. The SMILES string of the molecule is CC1C=c2nc(-n3c4ccccc4c4ccc(-c5ccc6c(c5)c5ccccc5n6-c5ccc6c(c5)C(C)(C)c5ccccc5-6)cc43)nc(-c3ccc(C4=CCCCC4)cc3)c2=CC1. The van der Waals surface area contributed by atoms with Crippen LogP contribution in [0.3, 0.4) is 0 Å². The Morgan fingerprint density at radius 1 is 0.531 bits per heavy atom. The van der Waals surface area contributed by atoms with Crippen molar-refractivity contribution in [2.24, 2.45) is 5.92 Å². The van der Waals surface area contributed by atoms with E-state index in [1.54, 1.807) is 0 Å². The van der Waals surface area contributed by atoms with E-state index in [0.717, 1.165) is 51.3 Å². The second-order valence-corrected chi connectivity index (χ2v) is 18.9. The summed E-state index contributed by atoms with van der Waals surface area (Å²) in [7, 11) is 0. The van der Waals surface area contributed by atoms with Crippen molar-refractivity contribution in [2.45, 2.75) is 58.3 Å². The summed E-state index contributed by atoms with van der Waals surface area (Å²) in [6, 6.07) is 56.6. The molecule has 0 radical (unpaired) electrons. The zero-order valence-electron chi connectivity index (χ0n) is 36.6. The first-order valence-corrected chi connectivity index (χ1v) is 23.1. The van der Waals surface area contributed by atoms with Crippen LogP contribution in [0.5, 0.6) is 0 Å². The molecule has 13 rings (SSSR count). The quantitative estimate of drug-likeness (QED) is 0.173. The maximum Gasteiger partial charge on any atom is 0.235 e. The maximum atomic E-state index is 5.50. The van der Waals surface area contributed by atoms with Crippen molar-refractivity contribution in [1.29, 1.82) is 0 Å². The van der Waals surface area contributed by atoms with Crippen molar-refractivity contribution in [3.63, 3.8) is 0 Å². The summed E-state index contributed by atoms with van der Waals surface area (Å²) < 4.78 is 4.75. The highest BCUT2D eigenvalue weighted by Crippen LogP contribution is 2.49. The molecule has 1 unspecified atom stereocenters. The van der Waals surface area contributed by atoms with Gasteiger partial charge in [0.1, 0.15) is 0 Å². The van der Waals surface area contributed by atoms with Crippen LogP contribution in [0.4, 0.5) is 0 Å². The lowest BCUT2D eigenvalue weighted by Gasteiger charge is -2.22. The van der Waals surface area contributed by atoms with Crippen molar-refractivity contribution in [2.75, 3.05) is 0 Å². The molecule has 3 aliphatic carbocycles. The average Bonchev–Trinajstić information content (AvgIpc) is 3.93. The van der Waals surface area contributed by atoms with E-state index in [1.807, 2.05) is 0 Å². The van der Waals surface area contributed by atoms with Crippen LogP contribution < -0.4 is 10.6 Å². The highest BCUT2D eigenvalue weighted by molar-refractivity contribution is 6.12.